The van der Waals surface area contributed by atoms with Crippen LogP contribution in [0.25, 0.3) is 0 Å². The van der Waals surface area contributed by atoms with Gasteiger partial charge < -0.3 is 20.1 Å². The number of para-hydroxylation sites is 1. The van der Waals surface area contributed by atoms with Crippen molar-refractivity contribution in [2.45, 2.75) is 0 Å². The molecule has 2 N–H and O–H groups in total. The average molecular weight is 357 g/mol. The minimum atomic E-state index is 0.471. The molecular weight excluding hydrogens is 340 g/mol. The Kier molecular flexibility index (Phi) is 5.20. The zero-order valence-corrected chi connectivity index (χ0v) is 14.5. The third kappa shape index (κ3) is 4.10. The fourth-order valence-electron chi connectivity index (χ4n) is 2.26. The average Bonchev–Trinajstić information content (AvgIpc) is 2.64. The van der Waals surface area contributed by atoms with Crippen molar-refractivity contribution in [1.29, 1.82) is 0 Å². The number of nitrogens with one attached hydrogen (secondary N) is 2. The van der Waals surface area contributed by atoms with Crippen LogP contribution in [0.2, 0.25) is 5.02 Å². The normalized spacial score (nSPS) is 10.2. The van der Waals surface area contributed by atoms with Gasteiger partial charge in [-0.1, -0.05) is 29.8 Å². The molecule has 1 aromatic heterocycles. The number of hydrogen-bond donors (Lipinski definition) is 2. The van der Waals surface area contributed by atoms with E-state index in [0.717, 1.165) is 5.69 Å². The van der Waals surface area contributed by atoms with Crippen molar-refractivity contribution >= 4 is 34.6 Å². The second-order valence-corrected chi connectivity index (χ2v) is 5.50. The van der Waals surface area contributed by atoms with E-state index in [1.807, 2.05) is 30.3 Å². The Bertz CT molecular complexity index is 859. The maximum atomic E-state index is 6.13. The number of hydrogen-bond acceptors (Lipinski definition) is 6. The highest BCUT2D eigenvalue weighted by atomic mass is 35.5. The first-order valence-corrected chi connectivity index (χ1v) is 7.90. The molecule has 3 rings (SSSR count). The van der Waals surface area contributed by atoms with E-state index in [1.54, 1.807) is 32.4 Å². The summed E-state index contributed by atoms with van der Waals surface area (Å²) in [5.41, 5.74) is 1.63. The number of methoxy groups -OCH3 is 2. The van der Waals surface area contributed by atoms with Crippen LogP contribution in [-0.4, -0.2) is 24.2 Å². The predicted octanol–water partition coefficient (Wildman–Crippen LogP) is 4.63. The predicted molar refractivity (Wildman–Crippen MR) is 99.6 cm³/mol. The molecule has 6 nitrogen and oxygen atoms in total. The Balaban J connectivity index is 1.85. The quantitative estimate of drug-likeness (QED) is 0.671. The van der Waals surface area contributed by atoms with E-state index in [0.29, 0.717) is 33.8 Å². The molecule has 128 valence electrons. The van der Waals surface area contributed by atoms with Crippen molar-refractivity contribution in [2.24, 2.45) is 0 Å². The molecule has 25 heavy (non-hydrogen) atoms. The second kappa shape index (κ2) is 7.72. The molecule has 7 heteroatoms. The smallest absolute Gasteiger partial charge is 0.144 e. The van der Waals surface area contributed by atoms with Crippen LogP contribution in [0.15, 0.2) is 54.9 Å². The monoisotopic (exact) mass is 356 g/mol. The Hall–Kier alpha value is -2.99. The van der Waals surface area contributed by atoms with Gasteiger partial charge in [0.15, 0.2) is 0 Å². The summed E-state index contributed by atoms with van der Waals surface area (Å²) in [6, 6.07) is 15.0. The van der Waals surface area contributed by atoms with Gasteiger partial charge in [0.25, 0.3) is 0 Å². The van der Waals surface area contributed by atoms with Crippen LogP contribution in [0.3, 0.4) is 0 Å². The molecule has 0 bridgehead atoms. The minimum absolute atomic E-state index is 0.471. The summed E-state index contributed by atoms with van der Waals surface area (Å²) >= 11 is 6.13. The maximum Gasteiger partial charge on any atom is 0.144 e. The van der Waals surface area contributed by atoms with Gasteiger partial charge in [-0.25, -0.2) is 9.97 Å². The Morgan fingerprint density at radius 1 is 0.840 bits per heavy atom. The van der Waals surface area contributed by atoms with E-state index in [1.165, 1.54) is 6.33 Å². The molecular formula is C18H17ClN4O2. The first-order valence-electron chi connectivity index (χ1n) is 7.52. The lowest BCUT2D eigenvalue weighted by atomic mass is 10.2. The fraction of sp³-hybridized carbons (Fsp3) is 0.111. The molecule has 0 spiro atoms. The van der Waals surface area contributed by atoms with Gasteiger partial charge in [0.1, 0.15) is 29.5 Å². The van der Waals surface area contributed by atoms with Gasteiger partial charge in [-0.05, 0) is 12.1 Å². The highest BCUT2D eigenvalue weighted by molar-refractivity contribution is 6.32. The van der Waals surface area contributed by atoms with Crippen LogP contribution >= 0.6 is 11.6 Å². The number of anilines is 4. The number of aromatic nitrogens is 2. The number of halogens is 1. The SMILES string of the molecule is COc1cc(Nc2cc(Nc3ccccc3)ncn2)c(OC)cc1Cl. The van der Waals surface area contributed by atoms with Crippen molar-refractivity contribution in [3.8, 4) is 11.5 Å². The number of benzene rings is 2. The Labute approximate surface area is 150 Å². The molecule has 0 aliphatic rings. The van der Waals surface area contributed by atoms with Crippen LogP contribution in [0, 0.1) is 0 Å². The zero-order valence-electron chi connectivity index (χ0n) is 13.8. The van der Waals surface area contributed by atoms with Crippen LogP contribution in [-0.2, 0) is 0 Å². The molecule has 0 radical (unpaired) electrons. The first kappa shape index (κ1) is 16.9. The standard InChI is InChI=1S/C18H17ClN4O2/c1-24-15-9-14(16(25-2)8-13(15)19)23-18-10-17(20-11-21-18)22-12-6-4-3-5-7-12/h3-11H,1-2H3,(H2,20,21,22,23). The van der Waals surface area contributed by atoms with Gasteiger partial charge in [-0.2, -0.15) is 0 Å². The molecule has 0 unspecified atom stereocenters. The lowest BCUT2D eigenvalue weighted by molar-refractivity contribution is 0.405. The van der Waals surface area contributed by atoms with Crippen LogP contribution in [0.4, 0.5) is 23.0 Å². The molecule has 0 atom stereocenters. The molecule has 0 saturated carbocycles. The van der Waals surface area contributed by atoms with Gasteiger partial charge in [-0.15, -0.1) is 0 Å². The van der Waals surface area contributed by atoms with E-state index >= 15 is 0 Å². The van der Waals surface area contributed by atoms with Gasteiger partial charge in [0, 0.05) is 23.9 Å². The maximum absolute atomic E-state index is 6.13. The van der Waals surface area contributed by atoms with Crippen molar-refractivity contribution < 1.29 is 9.47 Å². The summed E-state index contributed by atoms with van der Waals surface area (Å²) in [6.45, 7) is 0. The van der Waals surface area contributed by atoms with Gasteiger partial charge in [0.2, 0.25) is 0 Å². The summed E-state index contributed by atoms with van der Waals surface area (Å²) in [5, 5.41) is 6.89. The molecule has 0 saturated heterocycles. The third-order valence-electron chi connectivity index (χ3n) is 3.45. The summed E-state index contributed by atoms with van der Waals surface area (Å²) in [6.07, 6.45) is 1.48. The van der Waals surface area contributed by atoms with Gasteiger partial charge >= 0.3 is 0 Å². The van der Waals surface area contributed by atoms with Crippen molar-refractivity contribution in [3.63, 3.8) is 0 Å². The third-order valence-corrected chi connectivity index (χ3v) is 3.75. The number of rotatable bonds is 6. The van der Waals surface area contributed by atoms with E-state index in [-0.39, 0.29) is 0 Å². The van der Waals surface area contributed by atoms with Crippen molar-refractivity contribution in [1.82, 2.24) is 9.97 Å². The molecule has 0 aliphatic carbocycles. The van der Waals surface area contributed by atoms with Crippen LogP contribution in [0.1, 0.15) is 0 Å². The first-order chi connectivity index (χ1) is 12.2. The largest absolute Gasteiger partial charge is 0.495 e. The Morgan fingerprint density at radius 3 is 2.20 bits per heavy atom. The van der Waals surface area contributed by atoms with Crippen LogP contribution in [0.5, 0.6) is 11.5 Å². The Morgan fingerprint density at radius 2 is 1.52 bits per heavy atom. The second-order valence-electron chi connectivity index (χ2n) is 5.09. The fourth-order valence-corrected chi connectivity index (χ4v) is 2.49. The highest BCUT2D eigenvalue weighted by Gasteiger charge is 2.11. The van der Waals surface area contributed by atoms with Crippen molar-refractivity contribution in [3.05, 3.63) is 59.9 Å². The summed E-state index contributed by atoms with van der Waals surface area (Å²) < 4.78 is 10.6. The lowest BCUT2D eigenvalue weighted by Gasteiger charge is -2.14. The van der Waals surface area contributed by atoms with E-state index < -0.39 is 0 Å². The van der Waals surface area contributed by atoms with Crippen molar-refractivity contribution in [2.75, 3.05) is 24.9 Å². The topological polar surface area (TPSA) is 68.3 Å². The zero-order chi connectivity index (χ0) is 17.6. The van der Waals surface area contributed by atoms with Gasteiger partial charge in [-0.3, -0.25) is 0 Å². The summed E-state index contributed by atoms with van der Waals surface area (Å²) in [5.74, 6) is 2.41. The molecule has 2 aromatic carbocycles. The van der Waals surface area contributed by atoms with E-state index in [2.05, 4.69) is 20.6 Å². The van der Waals surface area contributed by atoms with E-state index in [9.17, 15) is 0 Å². The lowest BCUT2D eigenvalue weighted by Crippen LogP contribution is -2.00. The molecule has 0 aliphatic heterocycles. The molecule has 3 aromatic rings. The van der Waals surface area contributed by atoms with Gasteiger partial charge in [0.05, 0.1) is 24.9 Å². The molecule has 1 heterocycles. The molecule has 0 fully saturated rings. The number of nitrogens with zero attached hydrogens (tertiary/aromatic N) is 2. The number of ether oxygens (including phenoxy) is 2. The minimum Gasteiger partial charge on any atom is -0.495 e. The van der Waals surface area contributed by atoms with E-state index in [4.69, 9.17) is 21.1 Å². The molecule has 0 amide bonds. The summed E-state index contributed by atoms with van der Waals surface area (Å²) in [7, 11) is 3.13. The highest BCUT2D eigenvalue weighted by Crippen LogP contribution is 2.37. The summed E-state index contributed by atoms with van der Waals surface area (Å²) in [4.78, 5) is 8.47. The van der Waals surface area contributed by atoms with Crippen LogP contribution < -0.4 is 20.1 Å².